The van der Waals surface area contributed by atoms with Crippen molar-refractivity contribution >= 4 is 40.7 Å². The van der Waals surface area contributed by atoms with Crippen LogP contribution in [0.4, 0.5) is 5.82 Å². The highest BCUT2D eigenvalue weighted by Crippen LogP contribution is 2.34. The topological polar surface area (TPSA) is 71.4 Å². The summed E-state index contributed by atoms with van der Waals surface area (Å²) >= 11 is 7.04. The predicted octanol–water partition coefficient (Wildman–Crippen LogP) is 4.34. The maximum absolute atomic E-state index is 5.41. The van der Waals surface area contributed by atoms with Gasteiger partial charge in [0.05, 0.1) is 11.1 Å². The average molecular weight is 378 g/mol. The van der Waals surface area contributed by atoms with Gasteiger partial charge in [0.1, 0.15) is 10.5 Å². The molecule has 1 aliphatic rings. The van der Waals surface area contributed by atoms with Crippen LogP contribution in [0.3, 0.4) is 0 Å². The zero-order chi connectivity index (χ0) is 17.7. The SMILES string of the molecule is Cc1cccc2cc3c(nc12)Nn1c(nnc1-c1ccc[nH]c1=S)SC3. The van der Waals surface area contributed by atoms with E-state index >= 15 is 0 Å². The molecule has 8 heteroatoms. The fourth-order valence-electron chi connectivity index (χ4n) is 3.08. The lowest BCUT2D eigenvalue weighted by molar-refractivity contribution is 0.824. The maximum atomic E-state index is 5.41. The number of benzene rings is 1. The number of aromatic amines is 1. The van der Waals surface area contributed by atoms with Gasteiger partial charge in [0.15, 0.2) is 5.82 Å². The number of fused-ring (bicyclic) bond motifs is 3. The average Bonchev–Trinajstić information content (AvgIpc) is 2.94. The number of hydrogen-bond donors (Lipinski definition) is 2. The van der Waals surface area contributed by atoms with Crippen LogP contribution in [0, 0.1) is 11.6 Å². The lowest BCUT2D eigenvalue weighted by Gasteiger charge is -2.12. The number of nitrogens with one attached hydrogen (secondary N) is 2. The lowest BCUT2D eigenvalue weighted by atomic mass is 10.1. The van der Waals surface area contributed by atoms with Crippen molar-refractivity contribution in [3.05, 3.63) is 58.4 Å². The molecule has 1 aromatic carbocycles. The third-order valence-corrected chi connectivity index (χ3v) is 5.71. The van der Waals surface area contributed by atoms with Crippen molar-refractivity contribution in [3.63, 3.8) is 0 Å². The first-order valence-electron chi connectivity index (χ1n) is 8.13. The summed E-state index contributed by atoms with van der Waals surface area (Å²) in [7, 11) is 0. The number of thioether (sulfide) groups is 1. The zero-order valence-corrected chi connectivity index (χ0v) is 15.5. The molecule has 0 saturated heterocycles. The van der Waals surface area contributed by atoms with Gasteiger partial charge in [0, 0.05) is 22.9 Å². The van der Waals surface area contributed by atoms with Gasteiger partial charge in [-0.2, -0.15) is 0 Å². The van der Waals surface area contributed by atoms with Crippen LogP contribution >= 0.6 is 24.0 Å². The summed E-state index contributed by atoms with van der Waals surface area (Å²) < 4.78 is 2.49. The van der Waals surface area contributed by atoms with E-state index in [0.717, 1.165) is 44.3 Å². The standard InChI is InChI=1S/C18H14N6S2/c1-10-4-2-5-11-8-12-9-26-18-22-21-16(13-6-3-7-19-17(13)25)24(18)23-15(12)20-14(10)11/h2-8H,9H2,1H3,(H,19,25)(H,20,23). The number of hydrogen-bond acceptors (Lipinski definition) is 6. The zero-order valence-electron chi connectivity index (χ0n) is 13.9. The Hall–Kier alpha value is -2.71. The Bertz CT molecular complexity index is 1210. The van der Waals surface area contributed by atoms with Crippen molar-refractivity contribution in [2.45, 2.75) is 17.8 Å². The van der Waals surface area contributed by atoms with Gasteiger partial charge in [0.25, 0.3) is 0 Å². The number of anilines is 1. The molecule has 0 radical (unpaired) electrons. The van der Waals surface area contributed by atoms with Crippen LogP contribution in [0.15, 0.2) is 47.8 Å². The van der Waals surface area contributed by atoms with Crippen molar-refractivity contribution < 1.29 is 0 Å². The monoisotopic (exact) mass is 378 g/mol. The fraction of sp³-hybridized carbons (Fsp3) is 0.111. The smallest absolute Gasteiger partial charge is 0.210 e. The second kappa shape index (κ2) is 5.93. The molecular weight excluding hydrogens is 364 g/mol. The molecule has 5 rings (SSSR count). The van der Waals surface area contributed by atoms with Crippen LogP contribution in [-0.2, 0) is 5.75 Å². The number of aromatic nitrogens is 5. The van der Waals surface area contributed by atoms with Crippen LogP contribution in [-0.4, -0.2) is 24.8 Å². The number of para-hydroxylation sites is 1. The summed E-state index contributed by atoms with van der Waals surface area (Å²) in [5, 5.41) is 10.6. The van der Waals surface area contributed by atoms with E-state index in [1.807, 2.05) is 16.8 Å². The van der Waals surface area contributed by atoms with Crippen LogP contribution in [0.2, 0.25) is 0 Å². The Morgan fingerprint density at radius 1 is 1.19 bits per heavy atom. The van der Waals surface area contributed by atoms with E-state index in [0.29, 0.717) is 10.5 Å². The number of rotatable bonds is 1. The highest BCUT2D eigenvalue weighted by Gasteiger charge is 2.21. The Morgan fingerprint density at radius 2 is 2.12 bits per heavy atom. The molecule has 128 valence electrons. The molecule has 0 unspecified atom stereocenters. The molecule has 6 nitrogen and oxygen atoms in total. The molecule has 0 aliphatic carbocycles. The molecule has 0 fully saturated rings. The molecule has 4 aromatic rings. The van der Waals surface area contributed by atoms with Gasteiger partial charge in [0.2, 0.25) is 5.16 Å². The molecular formula is C18H14N6S2. The van der Waals surface area contributed by atoms with E-state index in [1.165, 1.54) is 0 Å². The molecule has 0 amide bonds. The molecule has 3 aromatic heterocycles. The second-order valence-electron chi connectivity index (χ2n) is 6.10. The summed E-state index contributed by atoms with van der Waals surface area (Å²) in [6.07, 6.45) is 1.81. The van der Waals surface area contributed by atoms with Gasteiger partial charge in [-0.1, -0.05) is 42.2 Å². The van der Waals surface area contributed by atoms with Gasteiger partial charge in [-0.05, 0) is 30.7 Å². The first kappa shape index (κ1) is 15.5. The lowest BCUT2D eigenvalue weighted by Crippen LogP contribution is -2.13. The van der Waals surface area contributed by atoms with Gasteiger partial charge in [-0.3, -0.25) is 5.43 Å². The summed E-state index contributed by atoms with van der Waals surface area (Å²) in [5.74, 6) is 2.28. The van der Waals surface area contributed by atoms with Crippen LogP contribution < -0.4 is 5.43 Å². The van der Waals surface area contributed by atoms with Gasteiger partial charge < -0.3 is 4.98 Å². The van der Waals surface area contributed by atoms with Gasteiger partial charge in [-0.25, -0.2) is 9.66 Å². The van der Waals surface area contributed by atoms with Crippen molar-refractivity contribution in [2.75, 3.05) is 5.43 Å². The minimum absolute atomic E-state index is 0.626. The van der Waals surface area contributed by atoms with Gasteiger partial charge in [-0.15, -0.1) is 10.2 Å². The van der Waals surface area contributed by atoms with E-state index in [1.54, 1.807) is 18.0 Å². The van der Waals surface area contributed by atoms with Crippen molar-refractivity contribution in [1.29, 1.82) is 0 Å². The van der Waals surface area contributed by atoms with Crippen LogP contribution in [0.25, 0.3) is 22.3 Å². The van der Waals surface area contributed by atoms with E-state index in [9.17, 15) is 0 Å². The third-order valence-electron chi connectivity index (χ3n) is 4.39. The van der Waals surface area contributed by atoms with E-state index < -0.39 is 0 Å². The minimum Gasteiger partial charge on any atom is -0.352 e. The quantitative estimate of drug-likeness (QED) is 0.480. The molecule has 1 aliphatic heterocycles. The highest BCUT2D eigenvalue weighted by molar-refractivity contribution is 7.98. The van der Waals surface area contributed by atoms with Crippen molar-refractivity contribution in [2.24, 2.45) is 0 Å². The predicted molar refractivity (Wildman–Crippen MR) is 106 cm³/mol. The van der Waals surface area contributed by atoms with Crippen LogP contribution in [0.1, 0.15) is 11.1 Å². The Morgan fingerprint density at radius 3 is 3.00 bits per heavy atom. The largest absolute Gasteiger partial charge is 0.352 e. The Kier molecular flexibility index (Phi) is 3.54. The molecule has 4 heterocycles. The summed E-state index contributed by atoms with van der Waals surface area (Å²) in [4.78, 5) is 7.92. The second-order valence-corrected chi connectivity index (χ2v) is 7.45. The van der Waals surface area contributed by atoms with Gasteiger partial charge >= 0.3 is 0 Å². The van der Waals surface area contributed by atoms with E-state index in [-0.39, 0.29) is 0 Å². The first-order valence-corrected chi connectivity index (χ1v) is 9.52. The highest BCUT2D eigenvalue weighted by atomic mass is 32.2. The number of pyridine rings is 2. The number of aryl methyl sites for hydroxylation is 1. The minimum atomic E-state index is 0.626. The van der Waals surface area contributed by atoms with Crippen molar-refractivity contribution in [3.8, 4) is 11.4 Å². The molecule has 26 heavy (non-hydrogen) atoms. The molecule has 0 spiro atoms. The molecule has 0 atom stereocenters. The summed E-state index contributed by atoms with van der Waals surface area (Å²) in [6.45, 7) is 2.08. The van der Waals surface area contributed by atoms with Crippen LogP contribution in [0.5, 0.6) is 0 Å². The molecule has 2 N–H and O–H groups in total. The summed E-state index contributed by atoms with van der Waals surface area (Å²) in [5.41, 5.74) is 7.52. The first-order chi connectivity index (χ1) is 12.7. The number of nitrogens with zero attached hydrogens (tertiary/aromatic N) is 4. The summed E-state index contributed by atoms with van der Waals surface area (Å²) in [6, 6.07) is 12.3. The third kappa shape index (κ3) is 2.41. The molecule has 0 saturated carbocycles. The maximum Gasteiger partial charge on any atom is 0.210 e. The Balaban J connectivity index is 1.69. The molecule has 0 bridgehead atoms. The fourth-order valence-corrected chi connectivity index (χ4v) is 4.17. The van der Waals surface area contributed by atoms with E-state index in [4.69, 9.17) is 17.2 Å². The number of H-pyrrole nitrogens is 1. The normalized spacial score (nSPS) is 13.0. The van der Waals surface area contributed by atoms with E-state index in [2.05, 4.69) is 51.8 Å². The Labute approximate surface area is 158 Å². The van der Waals surface area contributed by atoms with Crippen molar-refractivity contribution in [1.82, 2.24) is 24.8 Å².